The van der Waals surface area contributed by atoms with Crippen molar-refractivity contribution in [2.75, 3.05) is 5.32 Å². The molecule has 0 unspecified atom stereocenters. The molecule has 36 heavy (non-hydrogen) atoms. The average molecular weight is 532 g/mol. The summed E-state index contributed by atoms with van der Waals surface area (Å²) in [6.07, 6.45) is -1.14. The molecule has 4 aromatic rings. The molecule has 0 saturated heterocycles. The van der Waals surface area contributed by atoms with Gasteiger partial charge in [0.25, 0.3) is 5.91 Å². The van der Waals surface area contributed by atoms with Crippen molar-refractivity contribution in [1.82, 2.24) is 19.9 Å². The van der Waals surface area contributed by atoms with Gasteiger partial charge in [0.2, 0.25) is 0 Å². The molecule has 1 aromatic carbocycles. The molecule has 1 atom stereocenters. The molecule has 0 aliphatic heterocycles. The van der Waals surface area contributed by atoms with Crippen molar-refractivity contribution in [3.63, 3.8) is 0 Å². The van der Waals surface area contributed by atoms with E-state index in [-0.39, 0.29) is 34.5 Å². The highest BCUT2D eigenvalue weighted by Gasteiger charge is 2.34. The Balaban J connectivity index is 1.43. The molecule has 0 radical (unpaired) electrons. The Hall–Kier alpha value is -3.70. The van der Waals surface area contributed by atoms with Gasteiger partial charge in [0.15, 0.2) is 5.78 Å². The van der Waals surface area contributed by atoms with Crippen LogP contribution in [0.1, 0.15) is 50.0 Å². The maximum atomic E-state index is 13.0. The van der Waals surface area contributed by atoms with Crippen molar-refractivity contribution in [3.05, 3.63) is 87.4 Å². The maximum absolute atomic E-state index is 13.0. The van der Waals surface area contributed by atoms with E-state index >= 15 is 0 Å². The fraction of sp³-hybridized carbons (Fsp3) is 0.167. The van der Waals surface area contributed by atoms with E-state index in [1.165, 1.54) is 12.5 Å². The number of hydrogen-bond donors (Lipinski definition) is 1. The van der Waals surface area contributed by atoms with Crippen LogP contribution in [0.4, 0.5) is 19.0 Å². The number of hydrogen-bond acceptors (Lipinski definition) is 7. The summed E-state index contributed by atoms with van der Waals surface area (Å²) in [6, 6.07) is 11.7. The van der Waals surface area contributed by atoms with Crippen LogP contribution in [0.2, 0.25) is 5.02 Å². The van der Waals surface area contributed by atoms with Crippen molar-refractivity contribution in [3.8, 4) is 11.3 Å². The van der Waals surface area contributed by atoms with Gasteiger partial charge in [-0.2, -0.15) is 13.2 Å². The zero-order valence-corrected chi connectivity index (χ0v) is 20.2. The lowest BCUT2D eigenvalue weighted by atomic mass is 10.0. The minimum Gasteiger partial charge on any atom is -0.306 e. The third kappa shape index (κ3) is 5.92. The van der Waals surface area contributed by atoms with Gasteiger partial charge in [-0.1, -0.05) is 48.9 Å². The third-order valence-electron chi connectivity index (χ3n) is 5.09. The van der Waals surface area contributed by atoms with Crippen LogP contribution in [0.15, 0.2) is 61.2 Å². The van der Waals surface area contributed by atoms with Gasteiger partial charge in [-0.3, -0.25) is 9.59 Å². The number of Topliss-reactive ketones (excluding diaryl/α,β-unsaturated/α-hetero) is 1. The van der Waals surface area contributed by atoms with Crippen LogP contribution in [-0.2, 0) is 6.18 Å². The van der Waals surface area contributed by atoms with E-state index in [4.69, 9.17) is 11.6 Å². The fourth-order valence-electron chi connectivity index (χ4n) is 3.27. The second kappa shape index (κ2) is 10.5. The van der Waals surface area contributed by atoms with Crippen LogP contribution in [0.5, 0.6) is 0 Å². The Morgan fingerprint density at radius 3 is 2.53 bits per heavy atom. The number of rotatable bonds is 7. The third-order valence-corrected chi connectivity index (χ3v) is 6.61. The van der Waals surface area contributed by atoms with Gasteiger partial charge in [0, 0.05) is 24.1 Å². The number of nitrogens with zero attached hydrogens (tertiary/aromatic N) is 4. The Labute approximate surface area is 212 Å². The molecule has 0 aliphatic carbocycles. The minimum atomic E-state index is -4.69. The zero-order chi connectivity index (χ0) is 25.9. The first-order chi connectivity index (χ1) is 17.1. The van der Waals surface area contributed by atoms with E-state index < -0.39 is 22.7 Å². The first kappa shape index (κ1) is 25.4. The summed E-state index contributed by atoms with van der Waals surface area (Å²) in [5.41, 5.74) is 0.639. The minimum absolute atomic E-state index is 0.0908. The summed E-state index contributed by atoms with van der Waals surface area (Å²) in [7, 11) is 0. The number of nitrogens with one attached hydrogen (secondary N) is 1. The molecule has 0 bridgehead atoms. The van der Waals surface area contributed by atoms with Crippen molar-refractivity contribution in [1.29, 1.82) is 0 Å². The van der Waals surface area contributed by atoms with Crippen molar-refractivity contribution in [2.45, 2.75) is 25.4 Å². The molecule has 12 heteroatoms. The lowest BCUT2D eigenvalue weighted by Crippen LogP contribution is -2.13. The van der Waals surface area contributed by atoms with Gasteiger partial charge in [0.1, 0.15) is 22.7 Å². The molecule has 7 nitrogen and oxygen atoms in total. The first-order valence-electron chi connectivity index (χ1n) is 10.5. The monoisotopic (exact) mass is 531 g/mol. The van der Waals surface area contributed by atoms with Gasteiger partial charge in [-0.05, 0) is 12.1 Å². The van der Waals surface area contributed by atoms with Crippen LogP contribution in [0.3, 0.4) is 0 Å². The predicted octanol–water partition coefficient (Wildman–Crippen LogP) is 6.30. The summed E-state index contributed by atoms with van der Waals surface area (Å²) in [5.74, 6) is -1.52. The zero-order valence-electron chi connectivity index (χ0n) is 18.6. The van der Waals surface area contributed by atoms with Crippen LogP contribution < -0.4 is 5.32 Å². The largest absolute Gasteiger partial charge is 0.418 e. The molecule has 184 valence electrons. The molecular formula is C24H17ClF3N5O2S. The fourth-order valence-corrected chi connectivity index (χ4v) is 4.34. The number of anilines is 1. The van der Waals surface area contributed by atoms with Crippen LogP contribution in [-0.4, -0.2) is 31.6 Å². The lowest BCUT2D eigenvalue weighted by Gasteiger charge is -2.10. The quantitative estimate of drug-likeness (QED) is 0.281. The highest BCUT2D eigenvalue weighted by molar-refractivity contribution is 7.13. The summed E-state index contributed by atoms with van der Waals surface area (Å²) in [5, 5.41) is 2.27. The van der Waals surface area contributed by atoms with Crippen molar-refractivity contribution in [2.24, 2.45) is 0 Å². The van der Waals surface area contributed by atoms with Gasteiger partial charge in [-0.15, -0.1) is 11.3 Å². The van der Waals surface area contributed by atoms with Gasteiger partial charge in [0.05, 0.1) is 27.5 Å². The Bertz CT molecular complexity index is 1410. The van der Waals surface area contributed by atoms with Crippen molar-refractivity contribution < 1.29 is 22.8 Å². The molecule has 3 heterocycles. The van der Waals surface area contributed by atoms with E-state index in [0.29, 0.717) is 16.8 Å². The van der Waals surface area contributed by atoms with Crippen molar-refractivity contribution >= 4 is 40.4 Å². The number of alkyl halides is 3. The number of benzene rings is 1. The molecule has 3 aromatic heterocycles. The van der Waals surface area contributed by atoms with E-state index in [0.717, 1.165) is 23.1 Å². The molecular weight excluding hydrogens is 515 g/mol. The van der Waals surface area contributed by atoms with Crippen LogP contribution in [0.25, 0.3) is 11.3 Å². The molecule has 0 aliphatic rings. The highest BCUT2D eigenvalue weighted by atomic mass is 35.5. The number of thiazole rings is 1. The molecule has 4 rings (SSSR count). The summed E-state index contributed by atoms with van der Waals surface area (Å²) in [6.45, 7) is 1.79. The molecule has 1 N–H and O–H groups in total. The summed E-state index contributed by atoms with van der Waals surface area (Å²) >= 11 is 6.59. The number of pyridine rings is 1. The Morgan fingerprint density at radius 1 is 1.06 bits per heavy atom. The van der Waals surface area contributed by atoms with Crippen LogP contribution >= 0.6 is 22.9 Å². The number of amides is 1. The topological polar surface area (TPSA) is 97.7 Å². The summed E-state index contributed by atoms with van der Waals surface area (Å²) < 4.78 is 39.1. The predicted molar refractivity (Wildman–Crippen MR) is 129 cm³/mol. The lowest BCUT2D eigenvalue weighted by molar-refractivity contribution is -0.137. The highest BCUT2D eigenvalue weighted by Crippen LogP contribution is 2.35. The van der Waals surface area contributed by atoms with E-state index in [1.807, 2.05) is 30.3 Å². The SMILES string of the molecule is C[C@@H](CC(=O)c1cc(-c2ccccc2)ncn1)c1ncc(C(=O)Nc2cc(C(F)(F)F)c(Cl)cn2)s1. The number of halogens is 4. The second-order valence-corrected chi connectivity index (χ2v) is 9.22. The standard InChI is InChI=1S/C24H17ClF3N5O2S/c1-13(7-19(34)18-9-17(31-12-32-18)14-5-3-2-4-6-14)23-30-11-20(36-23)22(35)33-21-8-15(24(26,27)28)16(25)10-29-21/h2-6,8-13H,7H2,1H3,(H,29,33,35)/t13-/m0/s1. The van der Waals surface area contributed by atoms with Crippen LogP contribution in [0, 0.1) is 0 Å². The average Bonchev–Trinajstić information content (AvgIpc) is 3.36. The summed E-state index contributed by atoms with van der Waals surface area (Å²) in [4.78, 5) is 41.8. The van der Waals surface area contributed by atoms with E-state index in [1.54, 1.807) is 13.0 Å². The second-order valence-electron chi connectivity index (χ2n) is 7.75. The normalized spacial score (nSPS) is 12.2. The molecule has 0 saturated carbocycles. The van der Waals surface area contributed by atoms with Gasteiger partial charge >= 0.3 is 6.18 Å². The number of carbonyl (C=O) groups excluding carboxylic acids is 2. The Kier molecular flexibility index (Phi) is 7.41. The Morgan fingerprint density at radius 2 is 1.81 bits per heavy atom. The smallest absolute Gasteiger partial charge is 0.306 e. The number of ketones is 1. The molecule has 1 amide bonds. The number of carbonyl (C=O) groups is 2. The number of aromatic nitrogens is 4. The van der Waals surface area contributed by atoms with Gasteiger partial charge < -0.3 is 5.32 Å². The van der Waals surface area contributed by atoms with Gasteiger partial charge in [-0.25, -0.2) is 19.9 Å². The molecule has 0 fully saturated rings. The maximum Gasteiger partial charge on any atom is 0.418 e. The van der Waals surface area contributed by atoms with E-state index in [9.17, 15) is 22.8 Å². The van der Waals surface area contributed by atoms with E-state index in [2.05, 4.69) is 25.3 Å². The first-order valence-corrected chi connectivity index (χ1v) is 11.7. The molecule has 0 spiro atoms.